The zero-order chi connectivity index (χ0) is 27.1. The summed E-state index contributed by atoms with van der Waals surface area (Å²) in [6, 6.07) is 11.2. The molecule has 36 heavy (non-hydrogen) atoms. The van der Waals surface area contributed by atoms with Gasteiger partial charge in [0.25, 0.3) is 0 Å². The van der Waals surface area contributed by atoms with Gasteiger partial charge in [-0.25, -0.2) is 8.42 Å². The molecule has 0 unspecified atom stereocenters. The largest absolute Gasteiger partial charge is 0.418 e. The molecule has 3 rings (SSSR count). The molecule has 0 bridgehead atoms. The van der Waals surface area contributed by atoms with E-state index in [1.165, 1.54) is 37.3 Å². The summed E-state index contributed by atoms with van der Waals surface area (Å²) in [6.07, 6.45) is -8.84. The summed E-state index contributed by atoms with van der Waals surface area (Å²) in [6.45, 7) is 4.61. The van der Waals surface area contributed by atoms with Crippen LogP contribution < -0.4 is 0 Å². The summed E-state index contributed by atoms with van der Waals surface area (Å²) in [4.78, 5) is -0.819. The van der Waals surface area contributed by atoms with Crippen LogP contribution in [0.3, 0.4) is 0 Å². The van der Waals surface area contributed by atoms with Crippen LogP contribution in [-0.4, -0.2) is 13.0 Å². The van der Waals surface area contributed by atoms with E-state index in [-0.39, 0.29) is 21.8 Å². The minimum absolute atomic E-state index is 0.0412. The van der Waals surface area contributed by atoms with E-state index in [0.29, 0.717) is 18.2 Å². The molecular formula is C25H20F6N2O2S. The summed E-state index contributed by atoms with van der Waals surface area (Å²) >= 11 is 0. The maximum absolute atomic E-state index is 13.8. The molecule has 0 amide bonds. The van der Waals surface area contributed by atoms with Crippen molar-refractivity contribution in [2.75, 3.05) is 0 Å². The van der Waals surface area contributed by atoms with Gasteiger partial charge >= 0.3 is 12.4 Å². The number of hydrogen-bond donors (Lipinski definition) is 0. The summed E-state index contributed by atoms with van der Waals surface area (Å²) in [5.41, 5.74) is -2.97. The second kappa shape index (κ2) is 9.50. The van der Waals surface area contributed by atoms with Gasteiger partial charge in [0, 0.05) is 11.4 Å². The Hall–Kier alpha value is -3.52. The fourth-order valence-electron chi connectivity index (χ4n) is 3.71. The molecule has 3 aromatic rings. The van der Waals surface area contributed by atoms with Crippen LogP contribution in [0.25, 0.3) is 11.8 Å². The Morgan fingerprint density at radius 2 is 1.58 bits per heavy atom. The molecule has 0 spiro atoms. The minimum Gasteiger partial charge on any atom is -0.317 e. The fourth-order valence-corrected chi connectivity index (χ4v) is 4.88. The normalized spacial score (nSPS) is 13.2. The Labute approximate surface area is 204 Å². The number of alkyl halides is 6. The Morgan fingerprint density at radius 1 is 0.972 bits per heavy atom. The van der Waals surface area contributed by atoms with Crippen LogP contribution in [0.5, 0.6) is 0 Å². The topological polar surface area (TPSA) is 62.9 Å². The lowest BCUT2D eigenvalue weighted by Crippen LogP contribution is -2.16. The number of benzene rings is 2. The molecule has 0 saturated heterocycles. The van der Waals surface area contributed by atoms with Gasteiger partial charge in [0.05, 0.1) is 21.7 Å². The second-order valence-electron chi connectivity index (χ2n) is 8.26. The van der Waals surface area contributed by atoms with E-state index < -0.39 is 49.8 Å². The standard InChI is InChI=1S/C25H20F6N2O2S/c1-15(2)22-12-17(11-20(14-32)36(34,35)19-7-5-4-6-8-19)16(3)33(22)23-13-18(24(26,27)28)9-10-21(23)25(29,30)31/h4-13,15H,1-3H3/b20-11+. The van der Waals surface area contributed by atoms with Crippen LogP contribution >= 0.6 is 0 Å². The van der Waals surface area contributed by atoms with Crippen molar-refractivity contribution in [2.24, 2.45) is 0 Å². The Bertz CT molecular complexity index is 1460. The summed E-state index contributed by atoms with van der Waals surface area (Å²) < 4.78 is 109. The fraction of sp³-hybridized carbons (Fsp3) is 0.240. The zero-order valence-electron chi connectivity index (χ0n) is 19.2. The number of sulfone groups is 1. The van der Waals surface area contributed by atoms with Crippen molar-refractivity contribution in [1.29, 1.82) is 5.26 Å². The van der Waals surface area contributed by atoms with Gasteiger partial charge in [-0.2, -0.15) is 31.6 Å². The van der Waals surface area contributed by atoms with E-state index in [4.69, 9.17) is 0 Å². The van der Waals surface area contributed by atoms with Crippen LogP contribution in [0, 0.1) is 18.3 Å². The summed E-state index contributed by atoms with van der Waals surface area (Å²) in [5.74, 6) is -0.460. The third-order valence-electron chi connectivity index (χ3n) is 5.52. The lowest BCUT2D eigenvalue weighted by molar-refractivity contribution is -0.141. The smallest absolute Gasteiger partial charge is 0.317 e. The van der Waals surface area contributed by atoms with Crippen LogP contribution in [0.1, 0.15) is 47.8 Å². The van der Waals surface area contributed by atoms with Crippen molar-refractivity contribution in [1.82, 2.24) is 4.57 Å². The first-order chi connectivity index (χ1) is 16.6. The monoisotopic (exact) mass is 526 g/mol. The lowest BCUT2D eigenvalue weighted by Gasteiger charge is -2.21. The SMILES string of the molecule is Cc1c(/C=C(\C#N)S(=O)(=O)c2ccccc2)cc(C(C)C)n1-c1cc(C(F)(F)F)ccc1C(F)(F)F. The molecule has 2 aromatic carbocycles. The number of rotatable bonds is 5. The van der Waals surface area contributed by atoms with Crippen molar-refractivity contribution in [2.45, 2.75) is 43.9 Å². The van der Waals surface area contributed by atoms with Crippen LogP contribution in [0.4, 0.5) is 26.3 Å². The van der Waals surface area contributed by atoms with E-state index in [2.05, 4.69) is 0 Å². The molecule has 0 N–H and O–H groups in total. The molecule has 0 radical (unpaired) electrons. The first-order valence-corrected chi connectivity index (χ1v) is 12.0. The lowest BCUT2D eigenvalue weighted by atomic mass is 10.1. The molecule has 0 aliphatic rings. The maximum Gasteiger partial charge on any atom is 0.418 e. The third-order valence-corrected chi connectivity index (χ3v) is 7.20. The third kappa shape index (κ3) is 5.18. The van der Waals surface area contributed by atoms with Gasteiger partial charge in [-0.3, -0.25) is 0 Å². The molecular weight excluding hydrogens is 506 g/mol. The van der Waals surface area contributed by atoms with Gasteiger partial charge in [0.1, 0.15) is 11.0 Å². The number of nitrogens with zero attached hydrogens (tertiary/aromatic N) is 2. The summed E-state index contributed by atoms with van der Waals surface area (Å²) in [5, 5.41) is 9.58. The number of nitriles is 1. The van der Waals surface area contributed by atoms with E-state index in [0.717, 1.165) is 10.6 Å². The van der Waals surface area contributed by atoms with Crippen molar-refractivity contribution in [3.63, 3.8) is 0 Å². The van der Waals surface area contributed by atoms with Crippen molar-refractivity contribution in [3.05, 3.63) is 87.6 Å². The van der Waals surface area contributed by atoms with Crippen LogP contribution in [0.2, 0.25) is 0 Å². The van der Waals surface area contributed by atoms with E-state index in [1.54, 1.807) is 26.0 Å². The molecule has 0 aliphatic heterocycles. The highest BCUT2D eigenvalue weighted by atomic mass is 32.2. The number of aromatic nitrogens is 1. The summed E-state index contributed by atoms with van der Waals surface area (Å²) in [7, 11) is -4.25. The van der Waals surface area contributed by atoms with E-state index in [9.17, 15) is 40.0 Å². The Balaban J connectivity index is 2.33. The van der Waals surface area contributed by atoms with Crippen molar-refractivity contribution >= 4 is 15.9 Å². The van der Waals surface area contributed by atoms with Gasteiger partial charge < -0.3 is 4.57 Å². The highest BCUT2D eigenvalue weighted by molar-refractivity contribution is 7.95. The quantitative estimate of drug-likeness (QED) is 0.259. The van der Waals surface area contributed by atoms with E-state index >= 15 is 0 Å². The maximum atomic E-state index is 13.8. The molecule has 0 aliphatic carbocycles. The predicted octanol–water partition coefficient (Wildman–Crippen LogP) is 7.29. The van der Waals surface area contributed by atoms with Crippen molar-refractivity contribution in [3.8, 4) is 11.8 Å². The van der Waals surface area contributed by atoms with Gasteiger partial charge in [-0.05, 0) is 60.9 Å². The molecule has 0 saturated carbocycles. The number of halogens is 6. The number of allylic oxidation sites excluding steroid dienone is 1. The Morgan fingerprint density at radius 3 is 2.08 bits per heavy atom. The molecule has 1 aromatic heterocycles. The van der Waals surface area contributed by atoms with Gasteiger partial charge in [-0.1, -0.05) is 32.0 Å². The second-order valence-corrected chi connectivity index (χ2v) is 10.2. The van der Waals surface area contributed by atoms with Crippen molar-refractivity contribution < 1.29 is 34.8 Å². The minimum atomic E-state index is -4.96. The average Bonchev–Trinajstić information content (AvgIpc) is 3.12. The first-order valence-electron chi connectivity index (χ1n) is 10.5. The van der Waals surface area contributed by atoms with Gasteiger partial charge in [-0.15, -0.1) is 0 Å². The van der Waals surface area contributed by atoms with Gasteiger partial charge in [0.2, 0.25) is 9.84 Å². The van der Waals surface area contributed by atoms with Crippen LogP contribution in [-0.2, 0) is 22.2 Å². The molecule has 11 heteroatoms. The van der Waals surface area contributed by atoms with Gasteiger partial charge in [0.15, 0.2) is 0 Å². The zero-order valence-corrected chi connectivity index (χ0v) is 20.1. The highest BCUT2D eigenvalue weighted by Crippen LogP contribution is 2.40. The molecule has 190 valence electrons. The first kappa shape index (κ1) is 27.1. The van der Waals surface area contributed by atoms with Crippen LogP contribution in [0.15, 0.2) is 64.4 Å². The number of hydrogen-bond acceptors (Lipinski definition) is 3. The molecule has 0 fully saturated rings. The average molecular weight is 527 g/mol. The molecule has 0 atom stereocenters. The molecule has 1 heterocycles. The highest BCUT2D eigenvalue weighted by Gasteiger charge is 2.38. The predicted molar refractivity (Wildman–Crippen MR) is 122 cm³/mol. The van der Waals surface area contributed by atoms with E-state index in [1.807, 2.05) is 0 Å². The Kier molecular flexibility index (Phi) is 7.15. The molecule has 4 nitrogen and oxygen atoms in total.